The van der Waals surface area contributed by atoms with Gasteiger partial charge in [-0.25, -0.2) is 0 Å². The van der Waals surface area contributed by atoms with E-state index in [0.29, 0.717) is 0 Å². The van der Waals surface area contributed by atoms with Crippen LogP contribution in [0.15, 0.2) is 0 Å². The van der Waals surface area contributed by atoms with Gasteiger partial charge in [0.25, 0.3) is 0 Å². The number of hydrogen-bond acceptors (Lipinski definition) is 1. The van der Waals surface area contributed by atoms with E-state index in [1.807, 2.05) is 0 Å². The predicted molar refractivity (Wildman–Crippen MR) is 13.1 cm³/mol. The van der Waals surface area contributed by atoms with Gasteiger partial charge in [-0.2, -0.15) is 0 Å². The van der Waals surface area contributed by atoms with Gasteiger partial charge in [0.1, 0.15) is 0 Å². The maximum Gasteiger partial charge on any atom is 0 e. The summed E-state index contributed by atoms with van der Waals surface area (Å²) in [6.45, 7) is 0. The van der Waals surface area contributed by atoms with Crippen LogP contribution in [0.5, 0.6) is 0 Å². The minimum absolute atomic E-state index is 0. The van der Waals surface area contributed by atoms with Crippen molar-refractivity contribution in [3.05, 3.63) is 0 Å². The average Bonchev–Trinajstić information content (AvgIpc) is 0.722. The van der Waals surface area contributed by atoms with Gasteiger partial charge in [0.05, 0.1) is 0 Å². The van der Waals surface area contributed by atoms with Crippen molar-refractivity contribution in [2.75, 3.05) is 0 Å². The van der Waals surface area contributed by atoms with Crippen LogP contribution >= 0.6 is 0 Å². The molecule has 0 saturated carbocycles. The van der Waals surface area contributed by atoms with Gasteiger partial charge < -0.3 is 0 Å². The van der Waals surface area contributed by atoms with Crippen LogP contribution in [0.3, 0.4) is 0 Å². The van der Waals surface area contributed by atoms with Crippen LogP contribution in [0.25, 0.3) is 0 Å². The van der Waals surface area contributed by atoms with Crippen molar-refractivity contribution in [2.45, 2.75) is 0 Å². The summed E-state index contributed by atoms with van der Waals surface area (Å²) in [5.74, 6) is 0. The molecule has 0 spiro atoms. The van der Waals surface area contributed by atoms with Gasteiger partial charge >= 0.3 is 30.5 Å². The first-order chi connectivity index (χ1) is 2.00. The van der Waals surface area contributed by atoms with Gasteiger partial charge in [-0.05, 0) is 0 Å². The van der Waals surface area contributed by atoms with E-state index in [9.17, 15) is 0 Å². The molecular formula is H3AsO4Re. The predicted octanol–water partition coefficient (Wildman–Crippen LogP) is -2.17. The maximum atomic E-state index is 8.94. The Morgan fingerprint density at radius 2 is 1.17 bits per heavy atom. The van der Waals surface area contributed by atoms with E-state index in [2.05, 4.69) is 0 Å². The largest absolute Gasteiger partial charge is 0 e. The molecule has 0 bridgehead atoms. The molecule has 0 unspecified atom stereocenters. The van der Waals surface area contributed by atoms with E-state index < -0.39 is 14.5 Å². The first kappa shape index (κ1) is 10.0. The van der Waals surface area contributed by atoms with Crippen molar-refractivity contribution in [2.24, 2.45) is 0 Å². The molecule has 6 heteroatoms. The average molecular weight is 328 g/mol. The molecule has 0 aliphatic rings. The first-order valence-corrected chi connectivity index (χ1v) is 4.07. The summed E-state index contributed by atoms with van der Waals surface area (Å²) in [5.41, 5.74) is 0. The Balaban J connectivity index is 0. The summed E-state index contributed by atoms with van der Waals surface area (Å²) in [4.78, 5) is 0. The van der Waals surface area contributed by atoms with Gasteiger partial charge in [0.15, 0.2) is 0 Å². The molecule has 4 nitrogen and oxygen atoms in total. The molecule has 0 aromatic heterocycles. The minimum Gasteiger partial charge on any atom is 0 e. The molecule has 39 valence electrons. The summed E-state index contributed by atoms with van der Waals surface area (Å²) in [5, 5.41) is 0. The van der Waals surface area contributed by atoms with Gasteiger partial charge in [0.2, 0.25) is 0 Å². The van der Waals surface area contributed by atoms with E-state index in [4.69, 9.17) is 16.0 Å². The molecule has 3 N–H and O–H groups in total. The van der Waals surface area contributed by atoms with Crippen LogP contribution in [0.2, 0.25) is 0 Å². The smallest absolute Gasteiger partial charge is 0 e. The zero-order valence-electron chi connectivity index (χ0n) is 2.58. The molecule has 0 aromatic rings. The van der Waals surface area contributed by atoms with E-state index >= 15 is 0 Å². The Morgan fingerprint density at radius 3 is 1.17 bits per heavy atom. The van der Waals surface area contributed by atoms with Crippen LogP contribution < -0.4 is 0 Å². The first-order valence-electron chi connectivity index (χ1n) is 0.783. The summed E-state index contributed by atoms with van der Waals surface area (Å²) in [7, 11) is 0. The fourth-order valence-electron chi connectivity index (χ4n) is 0. The molecule has 0 aliphatic carbocycles. The maximum absolute atomic E-state index is 8.94. The zero-order chi connectivity index (χ0) is 4.50. The SMILES string of the molecule is O=[As](O)(O)O.[Re]. The Kier molecular flexibility index (Phi) is 4.96. The van der Waals surface area contributed by atoms with Crippen LogP contribution in [0, 0.1) is 0 Å². The second-order valence-corrected chi connectivity index (χ2v) is 2.67. The molecule has 0 atom stereocenters. The van der Waals surface area contributed by atoms with Crippen LogP contribution in [0.4, 0.5) is 0 Å². The van der Waals surface area contributed by atoms with Gasteiger partial charge in [0, 0.05) is 20.4 Å². The molecule has 0 rings (SSSR count). The Labute approximate surface area is 51.2 Å². The summed E-state index contributed by atoms with van der Waals surface area (Å²) < 4.78 is 30.7. The molecule has 0 aromatic carbocycles. The van der Waals surface area contributed by atoms with Crippen LogP contribution in [-0.2, 0) is 24.2 Å². The fraction of sp³-hybridized carbons (Fsp3) is 0. The van der Waals surface area contributed by atoms with Gasteiger partial charge in [-0.1, -0.05) is 0 Å². The van der Waals surface area contributed by atoms with Crippen molar-refractivity contribution in [1.29, 1.82) is 0 Å². The zero-order valence-corrected chi connectivity index (χ0v) is 7.17. The second kappa shape index (κ2) is 2.98. The van der Waals surface area contributed by atoms with E-state index in [0.717, 1.165) is 0 Å². The fourth-order valence-corrected chi connectivity index (χ4v) is 0. The quantitative estimate of drug-likeness (QED) is 0.442. The third-order valence-electron chi connectivity index (χ3n) is 0. The molecule has 0 fully saturated rings. The molecule has 6 heavy (non-hydrogen) atoms. The summed E-state index contributed by atoms with van der Waals surface area (Å²) >= 11 is -5.12. The Hall–Kier alpha value is 0.901. The van der Waals surface area contributed by atoms with E-state index in [1.165, 1.54) is 0 Å². The molecule has 0 heterocycles. The van der Waals surface area contributed by atoms with E-state index in [-0.39, 0.29) is 20.4 Å². The van der Waals surface area contributed by atoms with Crippen molar-refractivity contribution < 1.29 is 36.4 Å². The number of hydrogen-bond donors (Lipinski definition) is 3. The topological polar surface area (TPSA) is 77.8 Å². The van der Waals surface area contributed by atoms with Crippen molar-refractivity contribution in [1.82, 2.24) is 0 Å². The normalized spacial score (nSPS) is 9.83. The Morgan fingerprint density at radius 1 is 1.17 bits per heavy atom. The van der Waals surface area contributed by atoms with Crippen molar-refractivity contribution in [3.63, 3.8) is 0 Å². The molecule has 0 amide bonds. The van der Waals surface area contributed by atoms with E-state index in [1.54, 1.807) is 0 Å². The second-order valence-electron chi connectivity index (χ2n) is 0.513. The third-order valence-corrected chi connectivity index (χ3v) is 0. The van der Waals surface area contributed by atoms with Crippen LogP contribution in [-0.4, -0.2) is 26.8 Å². The molecular weight excluding hydrogens is 325 g/mol. The monoisotopic (exact) mass is 329 g/mol. The minimum atomic E-state index is -5.12. The Bertz CT molecular complexity index is 53.7. The summed E-state index contributed by atoms with van der Waals surface area (Å²) in [6.07, 6.45) is 0. The molecule has 0 saturated heterocycles. The van der Waals surface area contributed by atoms with Gasteiger partial charge in [-0.15, -0.1) is 0 Å². The molecule has 1 radical (unpaired) electrons. The van der Waals surface area contributed by atoms with Gasteiger partial charge in [-0.3, -0.25) is 0 Å². The number of rotatable bonds is 0. The van der Waals surface area contributed by atoms with Crippen LogP contribution in [0.1, 0.15) is 0 Å². The third kappa shape index (κ3) is 91.9. The molecule has 0 aliphatic heterocycles. The van der Waals surface area contributed by atoms with Crippen molar-refractivity contribution in [3.8, 4) is 0 Å². The standard InChI is InChI=1S/AsH3O4.Re/c2-1(3,4)5;/h(H3,2,3,4,5);. The van der Waals surface area contributed by atoms with Crippen molar-refractivity contribution >= 4 is 14.5 Å². The summed E-state index contributed by atoms with van der Waals surface area (Å²) in [6, 6.07) is 0.